The molecule has 1 unspecified atom stereocenters. The Labute approximate surface area is 124 Å². The lowest BCUT2D eigenvalue weighted by Gasteiger charge is -2.14. The molecule has 0 aromatic heterocycles. The second kappa shape index (κ2) is 9.20. The number of hydrogen-bond acceptors (Lipinski definition) is 3. The standard InChI is InChI=1S/C14H25N3O4/c1-2-3-5-11(13(19)20)17-14(21)15-9-4-6-12(18)16-10-7-8-10/h10-11H,2-9H2,1H3,(H,16,18)(H,19,20)(H2,15,17,21). The number of rotatable bonds is 10. The third-order valence-electron chi connectivity index (χ3n) is 3.26. The molecule has 0 saturated heterocycles. The second-order valence-electron chi connectivity index (χ2n) is 5.38. The number of carboxylic acid groups (broad SMARTS) is 1. The van der Waals surface area contributed by atoms with Gasteiger partial charge < -0.3 is 21.1 Å². The van der Waals surface area contributed by atoms with Gasteiger partial charge >= 0.3 is 12.0 Å². The molecule has 1 aliphatic rings. The Hall–Kier alpha value is -1.79. The second-order valence-corrected chi connectivity index (χ2v) is 5.38. The lowest BCUT2D eigenvalue weighted by Crippen LogP contribution is -2.46. The van der Waals surface area contributed by atoms with Gasteiger partial charge in [-0.3, -0.25) is 4.79 Å². The summed E-state index contributed by atoms with van der Waals surface area (Å²) in [6.07, 6.45) is 5.07. The maximum absolute atomic E-state index is 11.6. The topological polar surface area (TPSA) is 108 Å². The molecule has 120 valence electrons. The molecule has 0 aromatic carbocycles. The van der Waals surface area contributed by atoms with Gasteiger partial charge in [0, 0.05) is 19.0 Å². The molecule has 1 rings (SSSR count). The molecule has 7 heteroatoms. The van der Waals surface area contributed by atoms with Crippen LogP contribution in [0.3, 0.4) is 0 Å². The van der Waals surface area contributed by atoms with Crippen LogP contribution >= 0.6 is 0 Å². The molecule has 1 atom stereocenters. The number of carboxylic acids is 1. The summed E-state index contributed by atoms with van der Waals surface area (Å²) >= 11 is 0. The summed E-state index contributed by atoms with van der Waals surface area (Å²) < 4.78 is 0. The molecule has 0 aromatic rings. The molecule has 0 bridgehead atoms. The Morgan fingerprint density at radius 2 is 1.95 bits per heavy atom. The highest BCUT2D eigenvalue weighted by Crippen LogP contribution is 2.18. The number of hydrogen-bond donors (Lipinski definition) is 4. The Morgan fingerprint density at radius 3 is 2.52 bits per heavy atom. The van der Waals surface area contributed by atoms with Crippen LogP contribution in [0, 0.1) is 0 Å². The number of unbranched alkanes of at least 4 members (excludes halogenated alkanes) is 1. The number of amides is 3. The van der Waals surface area contributed by atoms with Gasteiger partial charge in [0.2, 0.25) is 5.91 Å². The molecular weight excluding hydrogens is 274 g/mol. The Balaban J connectivity index is 2.10. The van der Waals surface area contributed by atoms with Crippen molar-refractivity contribution in [1.82, 2.24) is 16.0 Å². The molecule has 3 amide bonds. The summed E-state index contributed by atoms with van der Waals surface area (Å²) in [5, 5.41) is 16.9. The zero-order valence-corrected chi connectivity index (χ0v) is 12.5. The van der Waals surface area contributed by atoms with Crippen LogP contribution in [-0.2, 0) is 9.59 Å². The van der Waals surface area contributed by atoms with Crippen molar-refractivity contribution in [2.75, 3.05) is 6.54 Å². The van der Waals surface area contributed by atoms with Crippen molar-refractivity contribution in [2.45, 2.75) is 64.0 Å². The number of carbonyl (C=O) groups excluding carboxylic acids is 2. The fourth-order valence-corrected chi connectivity index (χ4v) is 1.85. The first-order valence-corrected chi connectivity index (χ1v) is 7.59. The van der Waals surface area contributed by atoms with Crippen molar-refractivity contribution < 1.29 is 19.5 Å². The van der Waals surface area contributed by atoms with Gasteiger partial charge in [0.15, 0.2) is 0 Å². The van der Waals surface area contributed by atoms with Crippen LogP contribution in [0.5, 0.6) is 0 Å². The lowest BCUT2D eigenvalue weighted by molar-refractivity contribution is -0.139. The zero-order valence-electron chi connectivity index (χ0n) is 12.5. The molecule has 1 saturated carbocycles. The van der Waals surface area contributed by atoms with Crippen LogP contribution in [0.1, 0.15) is 51.9 Å². The number of carbonyl (C=O) groups is 3. The van der Waals surface area contributed by atoms with E-state index in [2.05, 4.69) is 16.0 Å². The Bertz CT molecular complexity index is 369. The average molecular weight is 299 g/mol. The summed E-state index contributed by atoms with van der Waals surface area (Å²) in [6, 6.07) is -1.01. The highest BCUT2D eigenvalue weighted by atomic mass is 16.4. The number of nitrogens with one attached hydrogen (secondary N) is 3. The molecule has 7 nitrogen and oxygen atoms in total. The van der Waals surface area contributed by atoms with Gasteiger partial charge in [0.1, 0.15) is 6.04 Å². The van der Waals surface area contributed by atoms with Crippen molar-refractivity contribution in [3.05, 3.63) is 0 Å². The van der Waals surface area contributed by atoms with Crippen molar-refractivity contribution in [3.8, 4) is 0 Å². The molecule has 0 heterocycles. The van der Waals surface area contributed by atoms with Crippen LogP contribution in [0.2, 0.25) is 0 Å². The quantitative estimate of drug-likeness (QED) is 0.451. The molecule has 0 aliphatic heterocycles. The first-order valence-electron chi connectivity index (χ1n) is 7.59. The average Bonchev–Trinajstić information content (AvgIpc) is 3.23. The van der Waals surface area contributed by atoms with Crippen LogP contribution in [0.4, 0.5) is 4.79 Å². The van der Waals surface area contributed by atoms with Crippen LogP contribution < -0.4 is 16.0 Å². The molecule has 1 fully saturated rings. The van der Waals surface area contributed by atoms with E-state index in [1.807, 2.05) is 6.92 Å². The summed E-state index contributed by atoms with van der Waals surface area (Å²) in [7, 11) is 0. The zero-order chi connectivity index (χ0) is 15.7. The van der Waals surface area contributed by atoms with Crippen LogP contribution in [0.25, 0.3) is 0 Å². The fourth-order valence-electron chi connectivity index (χ4n) is 1.85. The van der Waals surface area contributed by atoms with E-state index >= 15 is 0 Å². The molecule has 1 aliphatic carbocycles. The van der Waals surface area contributed by atoms with E-state index in [1.165, 1.54) is 0 Å². The molecule has 0 spiro atoms. The Kier molecular flexibility index (Phi) is 7.56. The lowest BCUT2D eigenvalue weighted by atomic mass is 10.1. The monoisotopic (exact) mass is 299 g/mol. The maximum Gasteiger partial charge on any atom is 0.326 e. The van der Waals surface area contributed by atoms with E-state index in [-0.39, 0.29) is 5.91 Å². The third kappa shape index (κ3) is 8.16. The molecule has 21 heavy (non-hydrogen) atoms. The highest BCUT2D eigenvalue weighted by molar-refractivity contribution is 5.82. The largest absolute Gasteiger partial charge is 0.480 e. The van der Waals surface area contributed by atoms with E-state index in [9.17, 15) is 14.4 Å². The van der Waals surface area contributed by atoms with E-state index in [4.69, 9.17) is 5.11 Å². The number of aliphatic carboxylic acids is 1. The number of urea groups is 1. The predicted molar refractivity (Wildman–Crippen MR) is 77.9 cm³/mol. The van der Waals surface area contributed by atoms with Gasteiger partial charge in [-0.15, -0.1) is 0 Å². The summed E-state index contributed by atoms with van der Waals surface area (Å²) in [4.78, 5) is 33.9. The predicted octanol–water partition coefficient (Wildman–Crippen LogP) is 0.988. The van der Waals surface area contributed by atoms with E-state index in [0.29, 0.717) is 31.8 Å². The summed E-state index contributed by atoms with van der Waals surface area (Å²) in [5.74, 6) is -1.02. The minimum absolute atomic E-state index is 0.00562. The SMILES string of the molecule is CCCCC(NC(=O)NCCCC(=O)NC1CC1)C(=O)O. The van der Waals surface area contributed by atoms with E-state index in [0.717, 1.165) is 25.7 Å². The van der Waals surface area contributed by atoms with Gasteiger partial charge in [0.05, 0.1) is 0 Å². The third-order valence-corrected chi connectivity index (χ3v) is 3.26. The smallest absolute Gasteiger partial charge is 0.326 e. The fraction of sp³-hybridized carbons (Fsp3) is 0.786. The normalized spacial score (nSPS) is 15.1. The summed E-state index contributed by atoms with van der Waals surface area (Å²) in [5.41, 5.74) is 0. The molecule has 4 N–H and O–H groups in total. The van der Waals surface area contributed by atoms with Crippen molar-refractivity contribution in [2.24, 2.45) is 0 Å². The van der Waals surface area contributed by atoms with Crippen molar-refractivity contribution in [3.63, 3.8) is 0 Å². The summed E-state index contributed by atoms with van der Waals surface area (Å²) in [6.45, 7) is 2.32. The first kappa shape index (κ1) is 17.3. The molecule has 0 radical (unpaired) electrons. The van der Waals surface area contributed by atoms with Crippen LogP contribution in [-0.4, -0.2) is 41.6 Å². The first-order chi connectivity index (χ1) is 10.0. The van der Waals surface area contributed by atoms with Gasteiger partial charge in [-0.2, -0.15) is 0 Å². The van der Waals surface area contributed by atoms with Gasteiger partial charge in [-0.1, -0.05) is 19.8 Å². The van der Waals surface area contributed by atoms with E-state index < -0.39 is 18.0 Å². The van der Waals surface area contributed by atoms with Crippen LogP contribution in [0.15, 0.2) is 0 Å². The van der Waals surface area contributed by atoms with Crippen molar-refractivity contribution >= 4 is 17.9 Å². The highest BCUT2D eigenvalue weighted by Gasteiger charge is 2.23. The Morgan fingerprint density at radius 1 is 1.24 bits per heavy atom. The minimum Gasteiger partial charge on any atom is -0.480 e. The van der Waals surface area contributed by atoms with Gasteiger partial charge in [0.25, 0.3) is 0 Å². The maximum atomic E-state index is 11.6. The van der Waals surface area contributed by atoms with E-state index in [1.54, 1.807) is 0 Å². The molecular formula is C14H25N3O4. The van der Waals surface area contributed by atoms with Crippen molar-refractivity contribution in [1.29, 1.82) is 0 Å². The minimum atomic E-state index is -1.03. The van der Waals surface area contributed by atoms with Gasteiger partial charge in [-0.05, 0) is 25.7 Å². The van der Waals surface area contributed by atoms with Gasteiger partial charge in [-0.25, -0.2) is 9.59 Å².